The molecule has 10 nitrogen and oxygen atoms in total. The summed E-state index contributed by atoms with van der Waals surface area (Å²) in [7, 11) is 0. The molecule has 0 saturated heterocycles. The number of nitrogens with zero attached hydrogens (tertiary/aromatic N) is 2. The number of benzene rings is 1. The third-order valence-electron chi connectivity index (χ3n) is 3.10. The first kappa shape index (κ1) is 18.2. The van der Waals surface area contributed by atoms with E-state index in [4.69, 9.17) is 5.73 Å². The van der Waals surface area contributed by atoms with Gasteiger partial charge in [-0.25, -0.2) is 4.79 Å². The van der Waals surface area contributed by atoms with Crippen LogP contribution in [0.25, 0.3) is 0 Å². The SMILES string of the molecule is CC(C)CC(N)(C(=O)O)C(=O)c1cc([N+](=O)[O-])cc([N+](=O)[O-])c1. The van der Waals surface area contributed by atoms with Crippen LogP contribution >= 0.6 is 0 Å². The maximum atomic E-state index is 12.4. The van der Waals surface area contributed by atoms with E-state index in [9.17, 15) is 34.9 Å². The van der Waals surface area contributed by atoms with Gasteiger partial charge in [0.2, 0.25) is 0 Å². The molecular formula is C13H15N3O7. The molecule has 0 amide bonds. The average Bonchev–Trinajstić information content (AvgIpc) is 2.44. The third-order valence-corrected chi connectivity index (χ3v) is 3.10. The summed E-state index contributed by atoms with van der Waals surface area (Å²) in [6.45, 7) is 3.29. The van der Waals surface area contributed by atoms with Crippen molar-refractivity contribution < 1.29 is 24.5 Å². The van der Waals surface area contributed by atoms with Crippen LogP contribution in [-0.4, -0.2) is 32.2 Å². The summed E-state index contributed by atoms with van der Waals surface area (Å²) in [5.74, 6) is -2.98. The van der Waals surface area contributed by atoms with Crippen LogP contribution in [0.5, 0.6) is 0 Å². The molecule has 0 spiro atoms. The number of aliphatic carboxylic acids is 1. The van der Waals surface area contributed by atoms with Crippen molar-refractivity contribution in [2.75, 3.05) is 0 Å². The molecule has 0 saturated carbocycles. The van der Waals surface area contributed by atoms with Crippen molar-refractivity contribution in [3.8, 4) is 0 Å². The monoisotopic (exact) mass is 325 g/mol. The molecule has 1 unspecified atom stereocenters. The van der Waals surface area contributed by atoms with Crippen molar-refractivity contribution in [2.24, 2.45) is 11.7 Å². The number of nitrogens with two attached hydrogens (primary N) is 1. The van der Waals surface area contributed by atoms with E-state index in [1.807, 2.05) is 0 Å². The van der Waals surface area contributed by atoms with E-state index in [2.05, 4.69) is 0 Å². The number of Topliss-reactive ketones (excluding diaryl/α,β-unsaturated/α-hetero) is 1. The first-order chi connectivity index (χ1) is 10.5. The number of nitro benzene ring substituents is 2. The summed E-state index contributed by atoms with van der Waals surface area (Å²) in [5, 5.41) is 30.9. The largest absolute Gasteiger partial charge is 0.480 e. The lowest BCUT2D eigenvalue weighted by molar-refractivity contribution is -0.394. The van der Waals surface area contributed by atoms with Gasteiger partial charge in [-0.3, -0.25) is 25.0 Å². The molecule has 0 aliphatic rings. The van der Waals surface area contributed by atoms with Crippen molar-refractivity contribution in [3.63, 3.8) is 0 Å². The van der Waals surface area contributed by atoms with Gasteiger partial charge in [0.15, 0.2) is 11.3 Å². The van der Waals surface area contributed by atoms with Crippen LogP contribution < -0.4 is 5.73 Å². The van der Waals surface area contributed by atoms with Crippen LogP contribution in [0, 0.1) is 26.1 Å². The van der Waals surface area contributed by atoms with Crippen molar-refractivity contribution in [3.05, 3.63) is 44.0 Å². The normalized spacial score (nSPS) is 13.4. The minimum absolute atomic E-state index is 0.225. The topological polar surface area (TPSA) is 167 Å². The number of carboxylic acids is 1. The second-order valence-corrected chi connectivity index (χ2v) is 5.46. The van der Waals surface area contributed by atoms with Crippen LogP contribution in [0.1, 0.15) is 30.6 Å². The molecule has 1 rings (SSSR count). The van der Waals surface area contributed by atoms with E-state index in [1.165, 1.54) is 0 Å². The smallest absolute Gasteiger partial charge is 0.331 e. The lowest BCUT2D eigenvalue weighted by atomic mass is 9.83. The highest BCUT2D eigenvalue weighted by atomic mass is 16.6. The molecule has 0 radical (unpaired) electrons. The van der Waals surface area contributed by atoms with Gasteiger partial charge in [-0.15, -0.1) is 0 Å². The van der Waals surface area contributed by atoms with Gasteiger partial charge in [0.1, 0.15) is 0 Å². The van der Waals surface area contributed by atoms with Gasteiger partial charge in [-0.05, 0) is 12.3 Å². The van der Waals surface area contributed by atoms with Crippen molar-refractivity contribution >= 4 is 23.1 Å². The van der Waals surface area contributed by atoms with E-state index in [0.717, 1.165) is 12.1 Å². The molecule has 1 aromatic carbocycles. The predicted molar refractivity (Wildman–Crippen MR) is 78.1 cm³/mol. The number of hydrogen-bond acceptors (Lipinski definition) is 7. The number of nitro groups is 2. The lowest BCUT2D eigenvalue weighted by Crippen LogP contribution is -2.55. The third kappa shape index (κ3) is 3.86. The molecule has 10 heteroatoms. The van der Waals surface area contributed by atoms with Gasteiger partial charge in [-0.2, -0.15) is 0 Å². The number of carbonyl (C=O) groups excluding carboxylic acids is 1. The zero-order valence-electron chi connectivity index (χ0n) is 12.4. The first-order valence-electron chi connectivity index (χ1n) is 6.50. The Bertz CT molecular complexity index is 654. The standard InChI is InChI=1S/C13H15N3O7/c1-7(2)6-13(14,12(18)19)11(17)8-3-9(15(20)21)5-10(4-8)16(22)23/h3-5,7H,6,14H2,1-2H3,(H,18,19). The molecule has 0 fully saturated rings. The van der Waals surface area contributed by atoms with E-state index in [1.54, 1.807) is 13.8 Å². The molecule has 1 atom stereocenters. The minimum atomic E-state index is -2.32. The Kier molecular flexibility index (Phi) is 5.12. The quantitative estimate of drug-likeness (QED) is 0.329. The Morgan fingerprint density at radius 3 is 1.91 bits per heavy atom. The van der Waals surface area contributed by atoms with Gasteiger partial charge in [0, 0.05) is 17.7 Å². The van der Waals surface area contributed by atoms with Gasteiger partial charge < -0.3 is 10.8 Å². The summed E-state index contributed by atoms with van der Waals surface area (Å²) in [5.41, 5.74) is 1.48. The Labute approximate surface area is 130 Å². The first-order valence-corrected chi connectivity index (χ1v) is 6.50. The summed E-state index contributed by atoms with van der Waals surface area (Å²) in [6.07, 6.45) is -0.225. The Hall–Kier alpha value is -2.88. The highest BCUT2D eigenvalue weighted by Crippen LogP contribution is 2.27. The molecule has 0 aliphatic heterocycles. The summed E-state index contributed by atoms with van der Waals surface area (Å²) in [6, 6.07) is 2.23. The Morgan fingerprint density at radius 2 is 1.61 bits per heavy atom. The van der Waals surface area contributed by atoms with Crippen LogP contribution in [-0.2, 0) is 4.79 Å². The van der Waals surface area contributed by atoms with Crippen molar-refractivity contribution in [2.45, 2.75) is 25.8 Å². The van der Waals surface area contributed by atoms with Crippen LogP contribution in [0.3, 0.4) is 0 Å². The van der Waals surface area contributed by atoms with Gasteiger partial charge >= 0.3 is 5.97 Å². The van der Waals surface area contributed by atoms with Gasteiger partial charge in [-0.1, -0.05) is 13.8 Å². The second kappa shape index (κ2) is 6.48. The lowest BCUT2D eigenvalue weighted by Gasteiger charge is -2.25. The maximum Gasteiger partial charge on any atom is 0.331 e. The predicted octanol–water partition coefficient (Wildman–Crippen LogP) is 1.51. The van der Waals surface area contributed by atoms with E-state index >= 15 is 0 Å². The average molecular weight is 325 g/mol. The zero-order valence-corrected chi connectivity index (χ0v) is 12.4. The molecule has 3 N–H and O–H groups in total. The maximum absolute atomic E-state index is 12.4. The molecule has 0 bridgehead atoms. The van der Waals surface area contributed by atoms with E-state index < -0.39 is 44.1 Å². The minimum Gasteiger partial charge on any atom is -0.480 e. The number of carboxylic acid groups (broad SMARTS) is 1. The van der Waals surface area contributed by atoms with Crippen LogP contribution in [0.4, 0.5) is 11.4 Å². The zero-order chi connectivity index (χ0) is 17.9. The van der Waals surface area contributed by atoms with Crippen LogP contribution in [0.2, 0.25) is 0 Å². The van der Waals surface area contributed by atoms with Crippen molar-refractivity contribution in [1.82, 2.24) is 0 Å². The number of hydrogen-bond donors (Lipinski definition) is 2. The number of carbonyl (C=O) groups is 2. The van der Waals surface area contributed by atoms with E-state index in [0.29, 0.717) is 6.07 Å². The molecular weight excluding hydrogens is 310 g/mol. The van der Waals surface area contributed by atoms with Crippen molar-refractivity contribution in [1.29, 1.82) is 0 Å². The number of non-ortho nitro benzene ring substituents is 2. The van der Waals surface area contributed by atoms with Crippen LogP contribution in [0.15, 0.2) is 18.2 Å². The summed E-state index contributed by atoms with van der Waals surface area (Å²) in [4.78, 5) is 43.7. The Morgan fingerprint density at radius 1 is 1.17 bits per heavy atom. The number of ketones is 1. The fourth-order valence-electron chi connectivity index (χ4n) is 2.12. The molecule has 1 aromatic rings. The fourth-order valence-corrected chi connectivity index (χ4v) is 2.12. The highest BCUT2D eigenvalue weighted by molar-refractivity contribution is 6.16. The summed E-state index contributed by atoms with van der Waals surface area (Å²) >= 11 is 0. The molecule has 0 heterocycles. The van der Waals surface area contributed by atoms with Gasteiger partial charge in [0.05, 0.1) is 15.9 Å². The van der Waals surface area contributed by atoms with E-state index in [-0.39, 0.29) is 12.3 Å². The number of rotatable bonds is 7. The van der Waals surface area contributed by atoms with Gasteiger partial charge in [0.25, 0.3) is 11.4 Å². The summed E-state index contributed by atoms with van der Waals surface area (Å²) < 4.78 is 0. The second-order valence-electron chi connectivity index (χ2n) is 5.46. The fraction of sp³-hybridized carbons (Fsp3) is 0.385. The molecule has 124 valence electrons. The molecule has 0 aromatic heterocycles. The molecule has 23 heavy (non-hydrogen) atoms. The molecule has 0 aliphatic carbocycles. The Balaban J connectivity index is 3.48. The highest BCUT2D eigenvalue weighted by Gasteiger charge is 2.43.